The zero-order valence-electron chi connectivity index (χ0n) is 15.5. The lowest BCUT2D eigenvalue weighted by molar-refractivity contribution is 0.229. The molecule has 2 fully saturated rings. The van der Waals surface area contributed by atoms with E-state index in [1.165, 1.54) is 103 Å². The molecule has 2 saturated carbocycles. The molecule has 0 amide bonds. The summed E-state index contributed by atoms with van der Waals surface area (Å²) in [6.45, 7) is 3.84. The first-order chi connectivity index (χ1) is 11.3. The molecular formula is C23H40. The number of hydrogen-bond donors (Lipinski definition) is 0. The lowest BCUT2D eigenvalue weighted by Gasteiger charge is -2.35. The first-order valence-electron chi connectivity index (χ1n) is 10.6. The summed E-state index contributed by atoms with van der Waals surface area (Å²) in [6.07, 6.45) is 31.6. The van der Waals surface area contributed by atoms with Crippen molar-refractivity contribution in [1.82, 2.24) is 0 Å². The van der Waals surface area contributed by atoms with Gasteiger partial charge in [0, 0.05) is 0 Å². The molecule has 2 rings (SSSR count). The highest BCUT2D eigenvalue weighted by molar-refractivity contribution is 5.01. The monoisotopic (exact) mass is 316 g/mol. The first kappa shape index (κ1) is 18.8. The standard InChI is InChI=1S/C23H40/c1-2-3-4-11-18-23(20-13-7-14-21-23)19-12-6-10-17-22-15-8-5-9-16-22/h2,11,18,22H,1,3-10,12-17,19-21H2. The fourth-order valence-corrected chi connectivity index (χ4v) is 4.87. The Morgan fingerprint density at radius 1 is 0.826 bits per heavy atom. The molecule has 0 heteroatoms. The van der Waals surface area contributed by atoms with Gasteiger partial charge in [-0.15, -0.1) is 6.58 Å². The van der Waals surface area contributed by atoms with Crippen LogP contribution in [0.4, 0.5) is 0 Å². The molecule has 0 nitrogen and oxygen atoms in total. The van der Waals surface area contributed by atoms with E-state index < -0.39 is 0 Å². The summed E-state index contributed by atoms with van der Waals surface area (Å²) in [5, 5.41) is 0. The van der Waals surface area contributed by atoms with Gasteiger partial charge in [-0.1, -0.05) is 95.3 Å². The van der Waals surface area contributed by atoms with Crippen molar-refractivity contribution in [3.05, 3.63) is 24.8 Å². The maximum Gasteiger partial charge on any atom is -0.0118 e. The fraction of sp³-hybridized carbons (Fsp3) is 0.826. The highest BCUT2D eigenvalue weighted by Crippen LogP contribution is 2.42. The van der Waals surface area contributed by atoms with E-state index in [1.54, 1.807) is 0 Å². The zero-order chi connectivity index (χ0) is 16.2. The van der Waals surface area contributed by atoms with Crippen LogP contribution in [0.2, 0.25) is 0 Å². The summed E-state index contributed by atoms with van der Waals surface area (Å²) >= 11 is 0. The van der Waals surface area contributed by atoms with Gasteiger partial charge in [-0.25, -0.2) is 0 Å². The molecule has 0 N–H and O–H groups in total. The smallest absolute Gasteiger partial charge is 0.0118 e. The molecule has 0 bridgehead atoms. The van der Waals surface area contributed by atoms with Crippen LogP contribution in [0.3, 0.4) is 0 Å². The van der Waals surface area contributed by atoms with Gasteiger partial charge in [0.25, 0.3) is 0 Å². The number of allylic oxidation sites excluding steroid dienone is 3. The molecule has 132 valence electrons. The van der Waals surface area contributed by atoms with E-state index in [1.807, 2.05) is 6.08 Å². The van der Waals surface area contributed by atoms with Gasteiger partial charge in [0.15, 0.2) is 0 Å². The largest absolute Gasteiger partial charge is 0.103 e. The fourth-order valence-electron chi connectivity index (χ4n) is 4.87. The second kappa shape index (κ2) is 11.1. The van der Waals surface area contributed by atoms with Gasteiger partial charge >= 0.3 is 0 Å². The van der Waals surface area contributed by atoms with Gasteiger partial charge in [-0.3, -0.25) is 0 Å². The predicted octanol–water partition coefficient (Wildman–Crippen LogP) is 7.99. The average molecular weight is 317 g/mol. The second-order valence-electron chi connectivity index (χ2n) is 8.29. The molecule has 0 atom stereocenters. The Labute approximate surface area is 145 Å². The van der Waals surface area contributed by atoms with Crippen LogP contribution in [0.15, 0.2) is 24.8 Å². The van der Waals surface area contributed by atoms with Crippen molar-refractivity contribution < 1.29 is 0 Å². The van der Waals surface area contributed by atoms with Gasteiger partial charge in [0.05, 0.1) is 0 Å². The van der Waals surface area contributed by atoms with Gasteiger partial charge in [-0.2, -0.15) is 0 Å². The van der Waals surface area contributed by atoms with Crippen LogP contribution in [0.25, 0.3) is 0 Å². The Morgan fingerprint density at radius 3 is 2.30 bits per heavy atom. The van der Waals surface area contributed by atoms with Crippen molar-refractivity contribution >= 4 is 0 Å². The van der Waals surface area contributed by atoms with Gasteiger partial charge in [0.2, 0.25) is 0 Å². The Balaban J connectivity index is 1.66. The van der Waals surface area contributed by atoms with Crippen LogP contribution in [-0.4, -0.2) is 0 Å². The molecule has 2 aliphatic rings. The van der Waals surface area contributed by atoms with Crippen LogP contribution >= 0.6 is 0 Å². The van der Waals surface area contributed by atoms with Crippen LogP contribution in [-0.2, 0) is 0 Å². The third kappa shape index (κ3) is 7.27. The molecule has 0 heterocycles. The number of rotatable bonds is 10. The molecule has 23 heavy (non-hydrogen) atoms. The topological polar surface area (TPSA) is 0 Å². The lowest BCUT2D eigenvalue weighted by Crippen LogP contribution is -2.21. The van der Waals surface area contributed by atoms with Crippen molar-refractivity contribution in [3.63, 3.8) is 0 Å². The Hall–Kier alpha value is -0.520. The highest BCUT2D eigenvalue weighted by Gasteiger charge is 2.28. The van der Waals surface area contributed by atoms with E-state index in [4.69, 9.17) is 0 Å². The summed E-state index contributed by atoms with van der Waals surface area (Å²) in [5.41, 5.74) is 0.560. The van der Waals surface area contributed by atoms with Crippen molar-refractivity contribution in [2.24, 2.45) is 11.3 Å². The molecule has 0 unspecified atom stereocenters. The molecule has 0 aliphatic heterocycles. The minimum absolute atomic E-state index is 0.560. The summed E-state index contributed by atoms with van der Waals surface area (Å²) in [5.74, 6) is 1.08. The van der Waals surface area contributed by atoms with E-state index >= 15 is 0 Å². The molecule has 0 spiro atoms. The summed E-state index contributed by atoms with van der Waals surface area (Å²) in [4.78, 5) is 0. The third-order valence-electron chi connectivity index (χ3n) is 6.37. The first-order valence-corrected chi connectivity index (χ1v) is 10.6. The molecule has 0 aromatic rings. The average Bonchev–Trinajstić information content (AvgIpc) is 2.60. The minimum atomic E-state index is 0.560. The zero-order valence-corrected chi connectivity index (χ0v) is 15.5. The molecule has 2 aliphatic carbocycles. The Morgan fingerprint density at radius 2 is 1.57 bits per heavy atom. The molecule has 0 saturated heterocycles. The normalized spacial score (nSPS) is 22.4. The van der Waals surface area contributed by atoms with Crippen LogP contribution in [0, 0.1) is 11.3 Å². The molecule has 0 radical (unpaired) electrons. The van der Waals surface area contributed by atoms with Crippen LogP contribution in [0.1, 0.15) is 109 Å². The predicted molar refractivity (Wildman–Crippen MR) is 104 cm³/mol. The Bertz CT molecular complexity index is 326. The second-order valence-corrected chi connectivity index (χ2v) is 8.29. The summed E-state index contributed by atoms with van der Waals surface area (Å²) in [6, 6.07) is 0. The van der Waals surface area contributed by atoms with E-state index in [2.05, 4.69) is 18.7 Å². The molecule has 0 aromatic heterocycles. The van der Waals surface area contributed by atoms with E-state index in [0.29, 0.717) is 5.41 Å². The van der Waals surface area contributed by atoms with Crippen molar-refractivity contribution in [2.45, 2.75) is 109 Å². The van der Waals surface area contributed by atoms with Gasteiger partial charge < -0.3 is 0 Å². The maximum absolute atomic E-state index is 3.84. The van der Waals surface area contributed by atoms with E-state index in [0.717, 1.165) is 12.3 Å². The van der Waals surface area contributed by atoms with Crippen molar-refractivity contribution in [1.29, 1.82) is 0 Å². The van der Waals surface area contributed by atoms with Crippen LogP contribution in [0.5, 0.6) is 0 Å². The lowest BCUT2D eigenvalue weighted by atomic mass is 9.70. The Kier molecular flexibility index (Phi) is 9.09. The van der Waals surface area contributed by atoms with E-state index in [9.17, 15) is 0 Å². The van der Waals surface area contributed by atoms with Gasteiger partial charge in [0.1, 0.15) is 0 Å². The third-order valence-corrected chi connectivity index (χ3v) is 6.37. The number of hydrogen-bond acceptors (Lipinski definition) is 0. The SMILES string of the molecule is C=CCCC=CC1(CCCCCC2CCCCC2)CCCCC1. The van der Waals surface area contributed by atoms with Crippen molar-refractivity contribution in [2.75, 3.05) is 0 Å². The van der Waals surface area contributed by atoms with Crippen molar-refractivity contribution in [3.8, 4) is 0 Å². The van der Waals surface area contributed by atoms with E-state index in [-0.39, 0.29) is 0 Å². The summed E-state index contributed by atoms with van der Waals surface area (Å²) in [7, 11) is 0. The quantitative estimate of drug-likeness (QED) is 0.283. The van der Waals surface area contributed by atoms with Gasteiger partial charge in [-0.05, 0) is 43.4 Å². The minimum Gasteiger partial charge on any atom is -0.103 e. The number of unbranched alkanes of at least 4 members (excludes halogenated alkanes) is 3. The maximum atomic E-state index is 3.84. The van der Waals surface area contributed by atoms with Crippen LogP contribution < -0.4 is 0 Å². The molecular weight excluding hydrogens is 276 g/mol. The highest BCUT2D eigenvalue weighted by atomic mass is 14.3. The molecule has 0 aromatic carbocycles. The summed E-state index contributed by atoms with van der Waals surface area (Å²) < 4.78 is 0.